The summed E-state index contributed by atoms with van der Waals surface area (Å²) < 4.78 is 2.08. The van der Waals surface area contributed by atoms with Crippen molar-refractivity contribution in [3.8, 4) is 0 Å². The van der Waals surface area contributed by atoms with Gasteiger partial charge in [0.1, 0.15) is 0 Å². The maximum Gasteiger partial charge on any atom is 0.191 e. The highest BCUT2D eigenvalue weighted by molar-refractivity contribution is 6.30. The summed E-state index contributed by atoms with van der Waals surface area (Å²) >= 11 is 6.12. The fraction of sp³-hybridized carbons (Fsp3) is 0.474. The maximum atomic E-state index is 6.12. The number of aliphatic imine (C=N–C) groups is 1. The van der Waals surface area contributed by atoms with Crippen molar-refractivity contribution >= 4 is 23.2 Å². The van der Waals surface area contributed by atoms with Crippen molar-refractivity contribution in [3.05, 3.63) is 48.0 Å². The first-order valence-corrected chi connectivity index (χ1v) is 9.63. The normalized spacial score (nSPS) is 17.5. The number of nitrogens with one attached hydrogen (secondary N) is 2. The molecule has 1 aliphatic rings. The number of aromatic nitrogens is 2. The molecule has 2 heterocycles. The molecule has 0 radical (unpaired) electrons. The van der Waals surface area contributed by atoms with Gasteiger partial charge in [-0.1, -0.05) is 17.7 Å². The molecule has 1 aromatic carbocycles. The van der Waals surface area contributed by atoms with Crippen molar-refractivity contribution in [2.45, 2.75) is 32.4 Å². The van der Waals surface area contributed by atoms with Crippen molar-refractivity contribution in [2.75, 3.05) is 31.1 Å². The average molecular weight is 375 g/mol. The molecule has 0 bridgehead atoms. The topological polar surface area (TPSA) is 57.5 Å². The highest BCUT2D eigenvalue weighted by atomic mass is 35.5. The molecule has 0 amide bonds. The average Bonchev–Trinajstić information content (AvgIpc) is 3.31. The zero-order valence-electron chi connectivity index (χ0n) is 15.2. The number of rotatable bonds is 7. The van der Waals surface area contributed by atoms with Crippen molar-refractivity contribution in [3.63, 3.8) is 0 Å². The summed E-state index contributed by atoms with van der Waals surface area (Å²) in [5.41, 5.74) is 1.18. The maximum absolute atomic E-state index is 6.12. The predicted molar refractivity (Wildman–Crippen MR) is 108 cm³/mol. The van der Waals surface area contributed by atoms with Gasteiger partial charge in [-0.2, -0.15) is 0 Å². The smallest absolute Gasteiger partial charge is 0.191 e. The van der Waals surface area contributed by atoms with Crippen LogP contribution in [0.25, 0.3) is 0 Å². The van der Waals surface area contributed by atoms with Crippen LogP contribution in [0.3, 0.4) is 0 Å². The van der Waals surface area contributed by atoms with Crippen LogP contribution < -0.4 is 15.5 Å². The predicted octanol–water partition coefficient (Wildman–Crippen LogP) is 2.76. The van der Waals surface area contributed by atoms with Gasteiger partial charge in [0.2, 0.25) is 0 Å². The Hall–Kier alpha value is -2.21. The number of imidazole rings is 1. The molecular weight excluding hydrogens is 348 g/mol. The zero-order valence-corrected chi connectivity index (χ0v) is 16.0. The van der Waals surface area contributed by atoms with Gasteiger partial charge in [0.15, 0.2) is 5.96 Å². The van der Waals surface area contributed by atoms with Gasteiger partial charge in [0.05, 0.1) is 6.33 Å². The number of hydrogen-bond donors (Lipinski definition) is 2. The Kier molecular flexibility index (Phi) is 6.77. The van der Waals surface area contributed by atoms with E-state index in [9.17, 15) is 0 Å². The van der Waals surface area contributed by atoms with Crippen LogP contribution in [-0.2, 0) is 6.54 Å². The van der Waals surface area contributed by atoms with Crippen LogP contribution in [0, 0.1) is 0 Å². The van der Waals surface area contributed by atoms with E-state index in [-0.39, 0.29) is 0 Å². The molecule has 2 aromatic rings. The summed E-state index contributed by atoms with van der Waals surface area (Å²) in [5.74, 6) is 0.899. The number of halogens is 1. The number of anilines is 1. The van der Waals surface area contributed by atoms with Gasteiger partial charge >= 0.3 is 0 Å². The standard InChI is InChI=1S/C19H27ClN6/c1-2-22-19(23-8-4-10-25-12-9-21-15-25)24-17-7-11-26(14-17)18-6-3-5-16(20)13-18/h3,5-6,9,12-13,15,17H,2,4,7-8,10-11,14H2,1H3,(H2,22,23,24). The number of aryl methyl sites for hydroxylation is 1. The summed E-state index contributed by atoms with van der Waals surface area (Å²) in [7, 11) is 0. The Balaban J connectivity index is 1.49. The Morgan fingerprint density at radius 1 is 1.42 bits per heavy atom. The molecule has 7 heteroatoms. The fourth-order valence-corrected chi connectivity index (χ4v) is 3.35. The van der Waals surface area contributed by atoms with Crippen LogP contribution in [0.15, 0.2) is 48.0 Å². The first-order valence-electron chi connectivity index (χ1n) is 9.25. The molecule has 1 atom stereocenters. The van der Waals surface area contributed by atoms with E-state index in [2.05, 4.69) is 38.1 Å². The van der Waals surface area contributed by atoms with E-state index < -0.39 is 0 Å². The number of benzene rings is 1. The second-order valence-electron chi connectivity index (χ2n) is 6.47. The zero-order chi connectivity index (χ0) is 18.2. The van der Waals surface area contributed by atoms with Crippen molar-refractivity contribution in [1.82, 2.24) is 20.2 Å². The molecule has 2 N–H and O–H groups in total. The van der Waals surface area contributed by atoms with Gasteiger partial charge < -0.3 is 20.1 Å². The Morgan fingerprint density at radius 3 is 3.12 bits per heavy atom. The van der Waals surface area contributed by atoms with Crippen LogP contribution in [0.5, 0.6) is 0 Å². The second kappa shape index (κ2) is 9.48. The summed E-state index contributed by atoms with van der Waals surface area (Å²) in [6.07, 6.45) is 7.71. The molecule has 3 rings (SSSR count). The third kappa shape index (κ3) is 5.39. The quantitative estimate of drug-likeness (QED) is 0.444. The minimum absolute atomic E-state index is 0.389. The highest BCUT2D eigenvalue weighted by Gasteiger charge is 2.23. The minimum Gasteiger partial charge on any atom is -0.369 e. The van der Waals surface area contributed by atoms with Gasteiger partial charge in [-0.05, 0) is 38.0 Å². The van der Waals surface area contributed by atoms with Crippen molar-refractivity contribution in [1.29, 1.82) is 0 Å². The number of nitrogens with zero attached hydrogens (tertiary/aromatic N) is 4. The Labute approximate surface area is 160 Å². The summed E-state index contributed by atoms with van der Waals surface area (Å²) in [6, 6.07) is 8.45. The van der Waals surface area contributed by atoms with Crippen molar-refractivity contribution in [2.24, 2.45) is 4.99 Å². The number of guanidine groups is 1. The lowest BCUT2D eigenvalue weighted by Crippen LogP contribution is -2.44. The molecule has 0 spiro atoms. The summed E-state index contributed by atoms with van der Waals surface area (Å²) in [6.45, 7) is 6.67. The van der Waals surface area contributed by atoms with Gasteiger partial charge in [-0.25, -0.2) is 4.98 Å². The molecule has 1 saturated heterocycles. The van der Waals surface area contributed by atoms with E-state index in [1.807, 2.05) is 30.7 Å². The van der Waals surface area contributed by atoms with E-state index in [0.29, 0.717) is 6.04 Å². The molecule has 0 saturated carbocycles. The first-order chi connectivity index (χ1) is 12.7. The fourth-order valence-electron chi connectivity index (χ4n) is 3.16. The Bertz CT molecular complexity index is 700. The lowest BCUT2D eigenvalue weighted by molar-refractivity contribution is 0.630. The van der Waals surface area contributed by atoms with Gasteiger partial charge in [-0.15, -0.1) is 0 Å². The lowest BCUT2D eigenvalue weighted by Gasteiger charge is -2.20. The molecule has 1 fully saturated rings. The third-order valence-electron chi connectivity index (χ3n) is 4.45. The Morgan fingerprint density at radius 2 is 2.35 bits per heavy atom. The SMILES string of the molecule is CCNC(=NCCCn1ccnc1)NC1CCN(c2cccc(Cl)c2)C1. The van der Waals surface area contributed by atoms with Crippen LogP contribution >= 0.6 is 11.6 Å². The minimum atomic E-state index is 0.389. The summed E-state index contributed by atoms with van der Waals surface area (Å²) in [4.78, 5) is 11.1. The molecule has 140 valence electrons. The monoisotopic (exact) mass is 374 g/mol. The van der Waals surface area contributed by atoms with Crippen molar-refractivity contribution < 1.29 is 0 Å². The van der Waals surface area contributed by atoms with E-state index in [1.165, 1.54) is 5.69 Å². The van der Waals surface area contributed by atoms with Crippen LogP contribution in [-0.4, -0.2) is 47.7 Å². The number of hydrogen-bond acceptors (Lipinski definition) is 3. The molecule has 0 aliphatic carbocycles. The van der Waals surface area contributed by atoms with Gasteiger partial charge in [-0.3, -0.25) is 4.99 Å². The van der Waals surface area contributed by atoms with Crippen LogP contribution in [0.1, 0.15) is 19.8 Å². The largest absolute Gasteiger partial charge is 0.369 e. The molecule has 1 aromatic heterocycles. The van der Waals surface area contributed by atoms with E-state index in [1.54, 1.807) is 6.20 Å². The van der Waals surface area contributed by atoms with Crippen LogP contribution in [0.4, 0.5) is 5.69 Å². The molecule has 1 aliphatic heterocycles. The highest BCUT2D eigenvalue weighted by Crippen LogP contribution is 2.23. The first kappa shape index (κ1) is 18.6. The van der Waals surface area contributed by atoms with E-state index in [4.69, 9.17) is 16.6 Å². The third-order valence-corrected chi connectivity index (χ3v) is 4.69. The lowest BCUT2D eigenvalue weighted by atomic mass is 10.2. The second-order valence-corrected chi connectivity index (χ2v) is 6.91. The summed E-state index contributed by atoms with van der Waals surface area (Å²) in [5, 5.41) is 7.70. The van der Waals surface area contributed by atoms with Gasteiger partial charge in [0, 0.05) is 61.9 Å². The molecular formula is C19H27ClN6. The van der Waals surface area contributed by atoms with Gasteiger partial charge in [0.25, 0.3) is 0 Å². The molecule has 6 nitrogen and oxygen atoms in total. The molecule has 26 heavy (non-hydrogen) atoms. The van der Waals surface area contributed by atoms with E-state index >= 15 is 0 Å². The molecule has 1 unspecified atom stereocenters. The van der Waals surface area contributed by atoms with E-state index in [0.717, 1.165) is 56.5 Å². The van der Waals surface area contributed by atoms with Crippen LogP contribution in [0.2, 0.25) is 5.02 Å².